The van der Waals surface area contributed by atoms with E-state index in [1.54, 1.807) is 19.2 Å². The standard InChI is InChI=1S/C28H47BrO5Si/c1-19(18-32-35(8,9)28(4,5)6)26(34-27(30)22-13-11-10-12-14-22)21(3)25(29)17-24-16-23(31-7)15-20(2)33-24/h10-14,19-21,23-26H,15-18H2,1-9H3/t19-,20+,21+,23-,24-,25+,26-/m1/s1. The van der Waals surface area contributed by atoms with Gasteiger partial charge in [0.05, 0.1) is 23.9 Å². The lowest BCUT2D eigenvalue weighted by atomic mass is 9.87. The van der Waals surface area contributed by atoms with E-state index in [4.69, 9.17) is 18.6 Å². The lowest BCUT2D eigenvalue weighted by molar-refractivity contribution is -0.102. The van der Waals surface area contributed by atoms with Gasteiger partial charge in [-0.2, -0.15) is 0 Å². The van der Waals surface area contributed by atoms with E-state index in [0.717, 1.165) is 19.3 Å². The SMILES string of the molecule is CO[C@H]1C[C@H](C[C@H](Br)[C@H](C)[C@H](OC(=O)c2ccccc2)[C@H](C)CO[Si](C)(C)C(C)(C)C)O[C@@H](C)C1. The summed E-state index contributed by atoms with van der Waals surface area (Å²) in [6, 6.07) is 9.23. The van der Waals surface area contributed by atoms with E-state index in [1.807, 2.05) is 18.2 Å². The minimum Gasteiger partial charge on any atom is -0.458 e. The number of carbonyl (C=O) groups is 1. The Balaban J connectivity index is 2.15. The van der Waals surface area contributed by atoms with Crippen molar-refractivity contribution in [3.05, 3.63) is 35.9 Å². The van der Waals surface area contributed by atoms with Gasteiger partial charge in [0, 0.05) is 30.4 Å². The summed E-state index contributed by atoms with van der Waals surface area (Å²) < 4.78 is 24.6. The lowest BCUT2D eigenvalue weighted by Gasteiger charge is -2.39. The second-order valence-electron chi connectivity index (χ2n) is 11.8. The zero-order valence-corrected chi connectivity index (χ0v) is 25.8. The van der Waals surface area contributed by atoms with Gasteiger partial charge in [-0.05, 0) is 56.5 Å². The number of halogens is 1. The third-order valence-electron chi connectivity index (χ3n) is 7.78. The van der Waals surface area contributed by atoms with Gasteiger partial charge in [0.15, 0.2) is 8.32 Å². The van der Waals surface area contributed by atoms with Gasteiger partial charge in [0.25, 0.3) is 0 Å². The van der Waals surface area contributed by atoms with Crippen molar-refractivity contribution in [2.24, 2.45) is 11.8 Å². The van der Waals surface area contributed by atoms with Crippen LogP contribution >= 0.6 is 15.9 Å². The van der Waals surface area contributed by atoms with Gasteiger partial charge in [-0.25, -0.2) is 4.79 Å². The first kappa shape index (κ1) is 30.5. The van der Waals surface area contributed by atoms with E-state index in [0.29, 0.717) is 12.2 Å². The molecule has 0 bridgehead atoms. The molecule has 200 valence electrons. The highest BCUT2D eigenvalue weighted by atomic mass is 79.9. The number of methoxy groups -OCH3 is 1. The van der Waals surface area contributed by atoms with Crippen molar-refractivity contribution in [3.63, 3.8) is 0 Å². The van der Waals surface area contributed by atoms with Gasteiger partial charge in [0.2, 0.25) is 0 Å². The fourth-order valence-corrected chi connectivity index (χ4v) is 6.20. The van der Waals surface area contributed by atoms with Crippen LogP contribution in [0.3, 0.4) is 0 Å². The maximum absolute atomic E-state index is 13.1. The quantitative estimate of drug-likeness (QED) is 0.159. The molecule has 1 saturated heterocycles. The van der Waals surface area contributed by atoms with Gasteiger partial charge in [-0.3, -0.25) is 0 Å². The van der Waals surface area contributed by atoms with Gasteiger partial charge in [-0.1, -0.05) is 68.7 Å². The third-order valence-corrected chi connectivity index (χ3v) is 13.5. The lowest BCUT2D eigenvalue weighted by Crippen LogP contribution is -2.45. The van der Waals surface area contributed by atoms with Gasteiger partial charge >= 0.3 is 5.97 Å². The summed E-state index contributed by atoms with van der Waals surface area (Å²) in [5.41, 5.74) is 0.570. The highest BCUT2D eigenvalue weighted by Gasteiger charge is 2.40. The summed E-state index contributed by atoms with van der Waals surface area (Å²) >= 11 is 3.93. The molecule has 1 aromatic carbocycles. The minimum absolute atomic E-state index is 0.0461. The molecule has 0 saturated carbocycles. The van der Waals surface area contributed by atoms with Crippen molar-refractivity contribution in [3.8, 4) is 0 Å². The number of rotatable bonds is 11. The molecule has 7 heteroatoms. The first-order valence-corrected chi connectivity index (χ1v) is 16.8. The van der Waals surface area contributed by atoms with Crippen molar-refractivity contribution in [2.45, 2.75) is 108 Å². The molecule has 35 heavy (non-hydrogen) atoms. The zero-order valence-electron chi connectivity index (χ0n) is 23.2. The van der Waals surface area contributed by atoms with E-state index in [9.17, 15) is 4.79 Å². The number of carbonyl (C=O) groups excluding carboxylic acids is 1. The maximum Gasteiger partial charge on any atom is 0.338 e. The number of ether oxygens (including phenoxy) is 3. The van der Waals surface area contributed by atoms with E-state index in [-0.39, 0.29) is 52.1 Å². The number of hydrogen-bond donors (Lipinski definition) is 0. The Morgan fingerprint density at radius 1 is 1.17 bits per heavy atom. The van der Waals surface area contributed by atoms with Crippen LogP contribution in [0.1, 0.15) is 71.2 Å². The Labute approximate surface area is 222 Å². The minimum atomic E-state index is -1.92. The predicted octanol–water partition coefficient (Wildman–Crippen LogP) is 7.24. The second-order valence-corrected chi connectivity index (χ2v) is 17.8. The van der Waals surface area contributed by atoms with Crippen molar-refractivity contribution in [2.75, 3.05) is 13.7 Å². The molecule has 0 aromatic heterocycles. The molecule has 2 rings (SSSR count). The van der Waals surface area contributed by atoms with Gasteiger partial charge in [0.1, 0.15) is 6.10 Å². The molecule has 1 aromatic rings. The summed E-state index contributed by atoms with van der Waals surface area (Å²) in [5.74, 6) is -0.171. The Bertz CT molecular complexity index is 781. The first-order chi connectivity index (χ1) is 16.2. The molecule has 0 spiro atoms. The van der Waals surface area contributed by atoms with E-state index >= 15 is 0 Å². The molecule has 5 nitrogen and oxygen atoms in total. The summed E-state index contributed by atoms with van der Waals surface area (Å²) in [7, 11) is -0.145. The summed E-state index contributed by atoms with van der Waals surface area (Å²) in [6.07, 6.45) is 2.86. The van der Waals surface area contributed by atoms with Crippen molar-refractivity contribution < 1.29 is 23.4 Å². The molecular formula is C28H47BrO5Si. The summed E-state index contributed by atoms with van der Waals surface area (Å²) in [6.45, 7) is 18.2. The Morgan fingerprint density at radius 2 is 1.80 bits per heavy atom. The number of benzene rings is 1. The molecule has 1 heterocycles. The molecule has 0 N–H and O–H groups in total. The van der Waals surface area contributed by atoms with Crippen LogP contribution in [0, 0.1) is 11.8 Å². The van der Waals surface area contributed by atoms with Crippen LogP contribution in [-0.4, -0.2) is 57.2 Å². The Morgan fingerprint density at radius 3 is 2.37 bits per heavy atom. The van der Waals surface area contributed by atoms with Crippen LogP contribution in [0.2, 0.25) is 18.1 Å². The van der Waals surface area contributed by atoms with Crippen molar-refractivity contribution >= 4 is 30.2 Å². The predicted molar refractivity (Wildman–Crippen MR) is 149 cm³/mol. The van der Waals surface area contributed by atoms with E-state index in [2.05, 4.69) is 70.6 Å². The monoisotopic (exact) mass is 570 g/mol. The van der Waals surface area contributed by atoms with Crippen LogP contribution in [0.15, 0.2) is 30.3 Å². The molecule has 0 amide bonds. The summed E-state index contributed by atoms with van der Waals surface area (Å²) in [4.78, 5) is 13.2. The average molecular weight is 572 g/mol. The van der Waals surface area contributed by atoms with Crippen molar-refractivity contribution in [1.29, 1.82) is 0 Å². The zero-order chi connectivity index (χ0) is 26.4. The molecule has 0 aliphatic carbocycles. The van der Waals surface area contributed by atoms with Crippen LogP contribution in [0.5, 0.6) is 0 Å². The fraction of sp³-hybridized carbons (Fsp3) is 0.750. The molecule has 7 atom stereocenters. The van der Waals surface area contributed by atoms with E-state index in [1.165, 1.54) is 0 Å². The second kappa shape index (κ2) is 13.2. The highest BCUT2D eigenvalue weighted by Crippen LogP contribution is 2.38. The maximum atomic E-state index is 13.1. The normalized spacial score (nSPS) is 24.9. The third kappa shape index (κ3) is 8.95. The number of hydrogen-bond acceptors (Lipinski definition) is 5. The Kier molecular flexibility index (Phi) is 11.5. The number of alkyl halides is 1. The van der Waals surface area contributed by atoms with Crippen molar-refractivity contribution in [1.82, 2.24) is 0 Å². The number of esters is 1. The van der Waals surface area contributed by atoms with Gasteiger partial charge < -0.3 is 18.6 Å². The Hall–Kier alpha value is -0.733. The van der Waals surface area contributed by atoms with Crippen LogP contribution in [-0.2, 0) is 18.6 Å². The van der Waals surface area contributed by atoms with Crippen LogP contribution in [0.4, 0.5) is 0 Å². The molecule has 1 aliphatic heterocycles. The molecular weight excluding hydrogens is 524 g/mol. The van der Waals surface area contributed by atoms with Crippen LogP contribution in [0.25, 0.3) is 0 Å². The molecule has 1 fully saturated rings. The van der Waals surface area contributed by atoms with Gasteiger partial charge in [-0.15, -0.1) is 0 Å². The molecule has 1 aliphatic rings. The first-order valence-electron chi connectivity index (χ1n) is 13.0. The molecule has 0 unspecified atom stereocenters. The van der Waals surface area contributed by atoms with E-state index < -0.39 is 8.32 Å². The smallest absolute Gasteiger partial charge is 0.338 e. The largest absolute Gasteiger partial charge is 0.458 e. The van der Waals surface area contributed by atoms with Crippen LogP contribution < -0.4 is 0 Å². The fourth-order valence-electron chi connectivity index (χ4n) is 4.37. The average Bonchev–Trinajstić information content (AvgIpc) is 2.79. The topological polar surface area (TPSA) is 54.0 Å². The molecule has 0 radical (unpaired) electrons. The summed E-state index contributed by atoms with van der Waals surface area (Å²) in [5, 5.41) is 0.124. The highest BCUT2D eigenvalue weighted by molar-refractivity contribution is 9.09.